The van der Waals surface area contributed by atoms with E-state index < -0.39 is 0 Å². The highest BCUT2D eigenvalue weighted by molar-refractivity contribution is 5.85. The molecule has 0 N–H and O–H groups in total. The van der Waals surface area contributed by atoms with Crippen LogP contribution in [0.1, 0.15) is 0 Å². The molecule has 0 amide bonds. The Morgan fingerprint density at radius 2 is 1.47 bits per heavy atom. The van der Waals surface area contributed by atoms with Gasteiger partial charge in [0.1, 0.15) is 13.1 Å². The van der Waals surface area contributed by atoms with E-state index in [1.54, 1.807) is 0 Å². The molecule has 7 nitrogen and oxygen atoms in total. The van der Waals surface area contributed by atoms with Crippen molar-refractivity contribution in [1.82, 2.24) is 19.4 Å². The van der Waals surface area contributed by atoms with Crippen LogP contribution in [0.3, 0.4) is 0 Å². The third-order valence-electron chi connectivity index (χ3n) is 2.89. The Hall–Kier alpha value is -0.890. The minimum absolute atomic E-state index is 0. The lowest BCUT2D eigenvalue weighted by Gasteiger charge is -2.34. The largest absolute Gasteiger partial charge is 1.00 e. The first-order valence-corrected chi connectivity index (χ1v) is 5.45. The number of hydrogen-bond donors (Lipinski definition) is 0. The molecule has 0 unspecified atom stereocenters. The van der Waals surface area contributed by atoms with Crippen molar-refractivity contribution in [3.63, 3.8) is 0 Å². The summed E-state index contributed by atoms with van der Waals surface area (Å²) in [6, 6.07) is 0.551. The summed E-state index contributed by atoms with van der Waals surface area (Å²) in [6.45, 7) is 3.06. The van der Waals surface area contributed by atoms with Gasteiger partial charge in [0.2, 0.25) is 0 Å². The number of aromatic nitrogens is 3. The Bertz CT molecular complexity index is 380. The van der Waals surface area contributed by atoms with Gasteiger partial charge in [-0.15, -0.1) is 27.4 Å². The van der Waals surface area contributed by atoms with Crippen LogP contribution in [-0.4, -0.2) is 62.5 Å². The van der Waals surface area contributed by atoms with E-state index >= 15 is 0 Å². The van der Waals surface area contributed by atoms with E-state index in [1.165, 1.54) is 14.2 Å². The van der Waals surface area contributed by atoms with Gasteiger partial charge in [-0.1, -0.05) is 0 Å². The highest BCUT2D eigenvalue weighted by Gasteiger charge is 2.32. The summed E-state index contributed by atoms with van der Waals surface area (Å²) in [5, 5.41) is 0. The Labute approximate surface area is 124 Å². The monoisotopic (exact) mass is 312 g/mol. The maximum absolute atomic E-state index is 5.35. The molecule has 1 aromatic heterocycles. The maximum atomic E-state index is 5.35. The standard InChI is InChI=1S/C10H17N4O3.2ClH/c1-14(4-6-17-7-5-14)8-11-9(15-2)13-10(12-8)16-3;;/h4-7H2,1-3H3;2*1H/q+1;;/p-1. The van der Waals surface area contributed by atoms with Gasteiger partial charge in [0.15, 0.2) is 0 Å². The van der Waals surface area contributed by atoms with Gasteiger partial charge in [0, 0.05) is 0 Å². The molecule has 2 rings (SSSR count). The molecule has 19 heavy (non-hydrogen) atoms. The van der Waals surface area contributed by atoms with Gasteiger partial charge in [-0.3, -0.25) is 4.48 Å². The third-order valence-corrected chi connectivity index (χ3v) is 2.89. The van der Waals surface area contributed by atoms with Crippen LogP contribution in [0.4, 0.5) is 5.95 Å². The minimum atomic E-state index is 0. The van der Waals surface area contributed by atoms with Crippen molar-refractivity contribution in [3.8, 4) is 12.0 Å². The van der Waals surface area contributed by atoms with Crippen molar-refractivity contribution in [2.45, 2.75) is 0 Å². The Kier molecular flexibility index (Phi) is 7.28. The molecule has 0 bridgehead atoms. The van der Waals surface area contributed by atoms with Gasteiger partial charge < -0.3 is 26.6 Å². The Morgan fingerprint density at radius 3 is 1.89 bits per heavy atom. The molecule has 1 saturated heterocycles. The van der Waals surface area contributed by atoms with Crippen molar-refractivity contribution >= 4 is 18.4 Å². The number of morpholine rings is 1. The number of nitrogens with zero attached hydrogens (tertiary/aromatic N) is 4. The Balaban J connectivity index is 0.00000162. The zero-order chi connectivity index (χ0) is 12.3. The van der Waals surface area contributed by atoms with E-state index in [2.05, 4.69) is 22.0 Å². The summed E-state index contributed by atoms with van der Waals surface area (Å²) < 4.78 is 16.1. The van der Waals surface area contributed by atoms with Crippen molar-refractivity contribution < 1.29 is 26.6 Å². The number of likely N-dealkylation sites (N-methyl/N-ethyl adjacent to an activating group) is 1. The number of rotatable bonds is 3. The fourth-order valence-corrected chi connectivity index (χ4v) is 1.70. The van der Waals surface area contributed by atoms with Crippen LogP contribution in [-0.2, 0) is 4.74 Å². The number of ether oxygens (including phenoxy) is 3. The van der Waals surface area contributed by atoms with Crippen molar-refractivity contribution in [2.24, 2.45) is 0 Å². The first kappa shape index (κ1) is 18.1. The van der Waals surface area contributed by atoms with Crippen LogP contribution in [0.25, 0.3) is 0 Å². The summed E-state index contributed by atoms with van der Waals surface area (Å²) >= 11 is 0. The highest BCUT2D eigenvalue weighted by Crippen LogP contribution is 2.22. The summed E-state index contributed by atoms with van der Waals surface area (Å²) in [7, 11) is 5.12. The molecule has 0 spiro atoms. The lowest BCUT2D eigenvalue weighted by atomic mass is 10.4. The number of quaternary nitrogens is 1. The first-order chi connectivity index (χ1) is 8.18. The second-order valence-corrected chi connectivity index (χ2v) is 4.06. The van der Waals surface area contributed by atoms with E-state index in [9.17, 15) is 0 Å². The third kappa shape index (κ3) is 4.04. The smallest absolute Gasteiger partial charge is 0.338 e. The van der Waals surface area contributed by atoms with E-state index in [4.69, 9.17) is 14.2 Å². The lowest BCUT2D eigenvalue weighted by Crippen LogP contribution is -3.00. The van der Waals surface area contributed by atoms with E-state index in [1.807, 2.05) is 0 Å². The Morgan fingerprint density at radius 1 is 1.00 bits per heavy atom. The molecule has 0 atom stereocenters. The quantitative estimate of drug-likeness (QED) is 0.565. The fourth-order valence-electron chi connectivity index (χ4n) is 1.70. The molecule has 1 fully saturated rings. The maximum Gasteiger partial charge on any atom is 0.338 e. The second kappa shape index (κ2) is 7.64. The highest BCUT2D eigenvalue weighted by atomic mass is 35.5. The normalized spacial score (nSPS) is 16.8. The second-order valence-electron chi connectivity index (χ2n) is 4.06. The lowest BCUT2D eigenvalue weighted by molar-refractivity contribution is -0.00000672. The average Bonchev–Trinajstić information content (AvgIpc) is 2.39. The van der Waals surface area contributed by atoms with Gasteiger partial charge in [-0.05, 0) is 0 Å². The van der Waals surface area contributed by atoms with Crippen LogP contribution >= 0.6 is 12.4 Å². The summed E-state index contributed by atoms with van der Waals surface area (Å²) in [6.07, 6.45) is 0. The van der Waals surface area contributed by atoms with Crippen LogP contribution < -0.4 is 26.4 Å². The number of hydrogen-bond acceptors (Lipinski definition) is 6. The van der Waals surface area contributed by atoms with Gasteiger partial charge in [0.25, 0.3) is 0 Å². The summed E-state index contributed by atoms with van der Waals surface area (Å²) in [5.41, 5.74) is 0. The van der Waals surface area contributed by atoms with E-state index in [0.29, 0.717) is 23.6 Å². The molecular weight excluding hydrogens is 295 g/mol. The molecule has 1 aromatic rings. The summed E-state index contributed by atoms with van der Waals surface area (Å²) in [4.78, 5) is 12.6. The molecule has 0 radical (unpaired) electrons. The van der Waals surface area contributed by atoms with Gasteiger partial charge >= 0.3 is 18.0 Å². The van der Waals surface area contributed by atoms with Gasteiger partial charge in [0.05, 0.1) is 34.5 Å². The van der Waals surface area contributed by atoms with Crippen LogP contribution in [0.15, 0.2) is 0 Å². The fraction of sp³-hybridized carbons (Fsp3) is 0.700. The molecule has 0 aliphatic carbocycles. The molecule has 110 valence electrons. The first-order valence-electron chi connectivity index (χ1n) is 5.45. The van der Waals surface area contributed by atoms with Gasteiger partial charge in [-0.2, -0.15) is 0 Å². The van der Waals surface area contributed by atoms with Crippen LogP contribution in [0.5, 0.6) is 12.0 Å². The predicted molar refractivity (Wildman–Crippen MR) is 68.5 cm³/mol. The predicted octanol–water partition coefficient (Wildman–Crippen LogP) is -2.72. The van der Waals surface area contributed by atoms with Crippen molar-refractivity contribution in [2.75, 3.05) is 47.6 Å². The average molecular weight is 313 g/mol. The number of halogens is 2. The molecule has 1 aliphatic rings. The molecule has 0 aromatic carbocycles. The van der Waals surface area contributed by atoms with E-state index in [0.717, 1.165) is 13.1 Å². The molecular formula is C10H18Cl2N4O3. The van der Waals surface area contributed by atoms with Gasteiger partial charge in [-0.25, -0.2) is 0 Å². The number of methoxy groups -OCH3 is 2. The molecule has 1 aliphatic heterocycles. The zero-order valence-corrected chi connectivity index (χ0v) is 12.7. The van der Waals surface area contributed by atoms with E-state index in [-0.39, 0.29) is 36.8 Å². The van der Waals surface area contributed by atoms with Crippen LogP contribution in [0, 0.1) is 0 Å². The topological polar surface area (TPSA) is 66.4 Å². The zero-order valence-electron chi connectivity index (χ0n) is 11.1. The van der Waals surface area contributed by atoms with Crippen molar-refractivity contribution in [3.05, 3.63) is 0 Å². The molecule has 2 heterocycles. The summed E-state index contributed by atoms with van der Waals surface area (Å²) in [5.74, 6) is 0.650. The van der Waals surface area contributed by atoms with Crippen LogP contribution in [0.2, 0.25) is 0 Å². The SMILES string of the molecule is COc1nc(OC)nc([N+]2(C)CCOCC2)n1.Cl.[Cl-]. The van der Waals surface area contributed by atoms with Crippen molar-refractivity contribution in [1.29, 1.82) is 0 Å². The molecule has 9 heteroatoms. The minimum Gasteiger partial charge on any atom is -1.00 e. The molecule has 0 saturated carbocycles.